The zero-order chi connectivity index (χ0) is 14.1. The third-order valence-electron chi connectivity index (χ3n) is 3.81. The molecule has 0 spiro atoms. The van der Waals surface area contributed by atoms with Gasteiger partial charge in [0, 0.05) is 16.6 Å². The lowest BCUT2D eigenvalue weighted by atomic mass is 9.97. The maximum Gasteiger partial charge on any atom is 0.124 e. The first-order valence-electron chi connectivity index (χ1n) is 6.89. The van der Waals surface area contributed by atoms with Crippen LogP contribution in [0.3, 0.4) is 0 Å². The minimum atomic E-state index is -0.244. The van der Waals surface area contributed by atoms with Crippen LogP contribution in [0.1, 0.15) is 37.9 Å². The summed E-state index contributed by atoms with van der Waals surface area (Å²) in [5.41, 5.74) is 2.04. The Labute approximate surface area is 126 Å². The molecule has 2 unspecified atom stereocenters. The van der Waals surface area contributed by atoms with Gasteiger partial charge in [-0.1, -0.05) is 0 Å². The summed E-state index contributed by atoms with van der Waals surface area (Å²) in [5, 5.41) is 3.61. The molecule has 2 atom stereocenters. The molecule has 1 aliphatic rings. The van der Waals surface area contributed by atoms with Gasteiger partial charge in [0.25, 0.3) is 0 Å². The minimum Gasteiger partial charge on any atom is -0.306 e. The lowest BCUT2D eigenvalue weighted by Gasteiger charge is -2.29. The highest BCUT2D eigenvalue weighted by Crippen LogP contribution is 2.29. The first-order valence-corrected chi connectivity index (χ1v) is 7.68. The Hall–Kier alpha value is -1.20. The lowest BCUT2D eigenvalue weighted by Crippen LogP contribution is -2.35. The van der Waals surface area contributed by atoms with Crippen molar-refractivity contribution in [3.05, 3.63) is 46.7 Å². The molecule has 0 bridgehead atoms. The number of imidazole rings is 1. The molecule has 1 N–H and O–H groups in total. The summed E-state index contributed by atoms with van der Waals surface area (Å²) in [4.78, 5) is 4.27. The Balaban J connectivity index is 1.97. The van der Waals surface area contributed by atoms with E-state index in [1.165, 1.54) is 25.0 Å². The Morgan fingerprint density at radius 2 is 2.25 bits per heavy atom. The highest BCUT2D eigenvalue weighted by Gasteiger charge is 2.23. The van der Waals surface area contributed by atoms with Crippen LogP contribution in [0.2, 0.25) is 0 Å². The summed E-state index contributed by atoms with van der Waals surface area (Å²) in [6.45, 7) is 2.21. The number of benzene rings is 1. The van der Waals surface area contributed by atoms with Gasteiger partial charge in [0.1, 0.15) is 5.82 Å². The summed E-state index contributed by atoms with van der Waals surface area (Å²) in [7, 11) is 0. The van der Waals surface area contributed by atoms with Crippen LogP contribution in [0.25, 0.3) is 5.69 Å². The summed E-state index contributed by atoms with van der Waals surface area (Å²) in [6, 6.07) is 5.56. The topological polar surface area (TPSA) is 29.9 Å². The molecule has 0 amide bonds. The second-order valence-electron chi connectivity index (χ2n) is 5.34. The van der Waals surface area contributed by atoms with E-state index in [1.54, 1.807) is 12.4 Å². The Morgan fingerprint density at radius 3 is 3.00 bits per heavy atom. The Morgan fingerprint density at radius 1 is 1.40 bits per heavy atom. The fourth-order valence-electron chi connectivity index (χ4n) is 2.81. The van der Waals surface area contributed by atoms with Gasteiger partial charge in [-0.3, -0.25) is 0 Å². The average Bonchev–Trinajstić information content (AvgIpc) is 2.87. The van der Waals surface area contributed by atoms with Gasteiger partial charge >= 0.3 is 0 Å². The Bertz CT molecular complexity index is 611. The van der Waals surface area contributed by atoms with Crippen molar-refractivity contribution in [3.63, 3.8) is 0 Å². The molecule has 1 aliphatic heterocycles. The van der Waals surface area contributed by atoms with Crippen molar-refractivity contribution in [2.45, 2.75) is 38.3 Å². The monoisotopic (exact) mass is 337 g/mol. The van der Waals surface area contributed by atoms with Crippen molar-refractivity contribution < 1.29 is 4.39 Å². The highest BCUT2D eigenvalue weighted by molar-refractivity contribution is 9.10. The Kier molecular flexibility index (Phi) is 3.89. The summed E-state index contributed by atoms with van der Waals surface area (Å²) in [6.07, 6.45) is 7.22. The van der Waals surface area contributed by atoms with E-state index in [0.717, 1.165) is 22.3 Å². The molecule has 20 heavy (non-hydrogen) atoms. The maximum atomic E-state index is 13.2. The van der Waals surface area contributed by atoms with E-state index in [4.69, 9.17) is 0 Å². The average molecular weight is 338 g/mol. The minimum absolute atomic E-state index is 0.244. The predicted molar refractivity (Wildman–Crippen MR) is 80.4 cm³/mol. The van der Waals surface area contributed by atoms with E-state index in [-0.39, 0.29) is 5.82 Å². The van der Waals surface area contributed by atoms with Crippen LogP contribution in [0.15, 0.2) is 35.2 Å². The van der Waals surface area contributed by atoms with Crippen molar-refractivity contribution in [2.75, 3.05) is 0 Å². The molecule has 2 heterocycles. The molecule has 0 aliphatic carbocycles. The quantitative estimate of drug-likeness (QED) is 0.898. The molecule has 3 rings (SSSR count). The van der Waals surface area contributed by atoms with Gasteiger partial charge in [-0.15, -0.1) is 0 Å². The molecular weight excluding hydrogens is 321 g/mol. The lowest BCUT2D eigenvalue weighted by molar-refractivity contribution is 0.334. The fourth-order valence-corrected chi connectivity index (χ4v) is 3.35. The maximum absolute atomic E-state index is 13.2. The van der Waals surface area contributed by atoms with Gasteiger partial charge in [0.05, 0.1) is 23.9 Å². The van der Waals surface area contributed by atoms with Crippen LogP contribution in [0.4, 0.5) is 4.39 Å². The molecule has 0 radical (unpaired) electrons. The largest absolute Gasteiger partial charge is 0.306 e. The predicted octanol–water partition coefficient (Wildman–Crippen LogP) is 3.98. The molecular formula is C15H17BrFN3. The molecule has 5 heteroatoms. The van der Waals surface area contributed by atoms with Crippen LogP contribution >= 0.6 is 15.9 Å². The van der Waals surface area contributed by atoms with Crippen LogP contribution in [-0.4, -0.2) is 15.6 Å². The van der Waals surface area contributed by atoms with Crippen molar-refractivity contribution in [1.29, 1.82) is 0 Å². The molecule has 0 saturated carbocycles. The van der Waals surface area contributed by atoms with E-state index in [1.807, 2.05) is 10.8 Å². The van der Waals surface area contributed by atoms with E-state index >= 15 is 0 Å². The van der Waals surface area contributed by atoms with E-state index < -0.39 is 0 Å². The second-order valence-corrected chi connectivity index (χ2v) is 6.19. The number of halogens is 2. The van der Waals surface area contributed by atoms with Crippen molar-refractivity contribution in [2.24, 2.45) is 0 Å². The number of nitrogens with zero attached hydrogens (tertiary/aromatic N) is 2. The van der Waals surface area contributed by atoms with Gasteiger partial charge in [-0.05, 0) is 60.3 Å². The van der Waals surface area contributed by atoms with E-state index in [0.29, 0.717) is 12.1 Å². The first kappa shape index (κ1) is 13.8. The summed E-state index contributed by atoms with van der Waals surface area (Å²) in [5.74, 6) is -0.244. The van der Waals surface area contributed by atoms with Gasteiger partial charge in [-0.2, -0.15) is 0 Å². The molecule has 106 valence electrons. The van der Waals surface area contributed by atoms with Gasteiger partial charge in [0.2, 0.25) is 0 Å². The number of rotatable bonds is 2. The van der Waals surface area contributed by atoms with Crippen LogP contribution in [0, 0.1) is 5.82 Å². The molecule has 1 aromatic heterocycles. The standard InChI is InChI=1S/C15H17BrFN3/c1-10-3-2-4-13(19-10)15-8-18-9-20(15)14-6-5-11(17)7-12(14)16/h5-10,13,19H,2-4H2,1H3. The van der Waals surface area contributed by atoms with Crippen LogP contribution < -0.4 is 5.32 Å². The fraction of sp³-hybridized carbons (Fsp3) is 0.400. The zero-order valence-corrected chi connectivity index (χ0v) is 12.9. The molecule has 1 fully saturated rings. The van der Waals surface area contributed by atoms with E-state index in [9.17, 15) is 4.39 Å². The summed E-state index contributed by atoms with van der Waals surface area (Å²) >= 11 is 3.43. The van der Waals surface area contributed by atoms with Crippen molar-refractivity contribution in [1.82, 2.24) is 14.9 Å². The van der Waals surface area contributed by atoms with Gasteiger partial charge in [-0.25, -0.2) is 9.37 Å². The third-order valence-corrected chi connectivity index (χ3v) is 4.44. The highest BCUT2D eigenvalue weighted by atomic mass is 79.9. The van der Waals surface area contributed by atoms with E-state index in [2.05, 4.69) is 33.2 Å². The molecule has 3 nitrogen and oxygen atoms in total. The number of aromatic nitrogens is 2. The number of hydrogen-bond acceptors (Lipinski definition) is 2. The van der Waals surface area contributed by atoms with Crippen molar-refractivity contribution in [3.8, 4) is 5.69 Å². The number of nitrogens with one attached hydrogen (secondary N) is 1. The zero-order valence-electron chi connectivity index (χ0n) is 11.3. The molecule has 2 aromatic rings. The normalized spacial score (nSPS) is 22.9. The number of piperidine rings is 1. The molecule has 1 saturated heterocycles. The molecule has 1 aromatic carbocycles. The second kappa shape index (κ2) is 5.66. The first-order chi connectivity index (χ1) is 9.65. The van der Waals surface area contributed by atoms with Gasteiger partial charge in [0.15, 0.2) is 0 Å². The summed E-state index contributed by atoms with van der Waals surface area (Å²) < 4.78 is 16.0. The third kappa shape index (κ3) is 2.65. The smallest absolute Gasteiger partial charge is 0.124 e. The van der Waals surface area contributed by atoms with Crippen LogP contribution in [0.5, 0.6) is 0 Å². The van der Waals surface area contributed by atoms with Gasteiger partial charge < -0.3 is 9.88 Å². The van der Waals surface area contributed by atoms with Crippen LogP contribution in [-0.2, 0) is 0 Å². The SMILES string of the molecule is CC1CCCC(c2cncn2-c2ccc(F)cc2Br)N1. The van der Waals surface area contributed by atoms with Crippen molar-refractivity contribution >= 4 is 15.9 Å². The number of hydrogen-bond donors (Lipinski definition) is 1.